The predicted molar refractivity (Wildman–Crippen MR) is 65.2 cm³/mol. The number of nitrogens with one attached hydrogen (secondary N) is 1. The summed E-state index contributed by atoms with van der Waals surface area (Å²) in [5.41, 5.74) is 5.34. The Balaban J connectivity index is 4.11. The third-order valence-electron chi connectivity index (χ3n) is 2.62. The van der Waals surface area contributed by atoms with E-state index in [9.17, 15) is 4.79 Å². The summed E-state index contributed by atoms with van der Waals surface area (Å²) in [5.74, 6) is -0.301. The van der Waals surface area contributed by atoms with Gasteiger partial charge < -0.3 is 15.8 Å². The molecule has 0 radical (unpaired) electrons. The van der Waals surface area contributed by atoms with Crippen molar-refractivity contribution in [2.24, 2.45) is 5.73 Å². The summed E-state index contributed by atoms with van der Waals surface area (Å²) < 4.78 is 5.07. The van der Waals surface area contributed by atoms with Crippen LogP contribution in [0.1, 0.15) is 20.3 Å². The van der Waals surface area contributed by atoms with E-state index in [-0.39, 0.29) is 18.0 Å². The molecule has 2 atom stereocenters. The minimum absolute atomic E-state index is 0.273. The molecule has 0 aliphatic heterocycles. The Morgan fingerprint density at radius 1 is 1.56 bits per heavy atom. The molecule has 0 saturated heterocycles. The average molecular weight is 231 g/mol. The molecule has 5 heteroatoms. The molecule has 0 heterocycles. The number of primary amides is 1. The van der Waals surface area contributed by atoms with E-state index in [2.05, 4.69) is 24.1 Å². The van der Waals surface area contributed by atoms with Crippen LogP contribution in [0.4, 0.5) is 0 Å². The molecule has 0 aromatic rings. The van der Waals surface area contributed by atoms with E-state index >= 15 is 0 Å². The Kier molecular flexibility index (Phi) is 8.15. The first kappa shape index (κ1) is 15.3. The lowest BCUT2D eigenvalue weighted by Crippen LogP contribution is -2.50. The Labute approximate surface area is 98.3 Å². The predicted octanol–water partition coefficient (Wildman–Crippen LogP) is -0.193. The van der Waals surface area contributed by atoms with Crippen molar-refractivity contribution in [1.82, 2.24) is 10.2 Å². The van der Waals surface area contributed by atoms with Gasteiger partial charge in [0.05, 0.1) is 12.6 Å². The highest BCUT2D eigenvalue weighted by atomic mass is 16.5. The number of nitrogens with two attached hydrogens (primary N) is 1. The van der Waals surface area contributed by atoms with Crippen molar-refractivity contribution in [3.05, 3.63) is 0 Å². The summed E-state index contributed by atoms with van der Waals surface area (Å²) in [6.07, 6.45) is 0.987. The largest absolute Gasteiger partial charge is 0.383 e. The number of rotatable bonds is 9. The number of hydrogen-bond acceptors (Lipinski definition) is 4. The van der Waals surface area contributed by atoms with Gasteiger partial charge in [-0.15, -0.1) is 0 Å². The van der Waals surface area contributed by atoms with E-state index in [0.29, 0.717) is 13.2 Å². The number of carbonyl (C=O) groups excluding carboxylic acids is 1. The summed E-state index contributed by atoms with van der Waals surface area (Å²) in [7, 11) is 3.64. The number of nitrogens with zero attached hydrogens (tertiary/aromatic N) is 1. The molecule has 16 heavy (non-hydrogen) atoms. The highest BCUT2D eigenvalue weighted by molar-refractivity contribution is 5.80. The summed E-state index contributed by atoms with van der Waals surface area (Å²) in [5, 5.41) is 3.14. The first-order valence-corrected chi connectivity index (χ1v) is 5.74. The molecule has 96 valence electrons. The fourth-order valence-corrected chi connectivity index (χ4v) is 1.41. The van der Waals surface area contributed by atoms with Gasteiger partial charge >= 0.3 is 0 Å². The number of amides is 1. The fraction of sp³-hybridized carbons (Fsp3) is 0.909. The Morgan fingerprint density at radius 2 is 2.19 bits per heavy atom. The lowest BCUT2D eigenvalue weighted by molar-refractivity contribution is -0.120. The Morgan fingerprint density at radius 3 is 2.62 bits per heavy atom. The summed E-state index contributed by atoms with van der Waals surface area (Å²) in [4.78, 5) is 13.3. The molecular formula is C11H25N3O2. The van der Waals surface area contributed by atoms with Crippen molar-refractivity contribution in [2.45, 2.75) is 32.4 Å². The second kappa shape index (κ2) is 8.50. The van der Waals surface area contributed by atoms with Gasteiger partial charge in [0.15, 0.2) is 0 Å². The second-order valence-electron chi connectivity index (χ2n) is 4.15. The first-order valence-electron chi connectivity index (χ1n) is 5.74. The van der Waals surface area contributed by atoms with Crippen molar-refractivity contribution in [3.8, 4) is 0 Å². The highest BCUT2D eigenvalue weighted by Gasteiger charge is 2.19. The molecule has 0 aliphatic carbocycles. The van der Waals surface area contributed by atoms with Gasteiger partial charge in [0, 0.05) is 19.7 Å². The summed E-state index contributed by atoms with van der Waals surface area (Å²) in [6.45, 7) is 6.18. The van der Waals surface area contributed by atoms with Gasteiger partial charge in [-0.3, -0.25) is 9.69 Å². The van der Waals surface area contributed by atoms with E-state index in [1.54, 1.807) is 7.11 Å². The lowest BCUT2D eigenvalue weighted by Gasteiger charge is -2.27. The van der Waals surface area contributed by atoms with E-state index in [0.717, 1.165) is 13.0 Å². The second-order valence-corrected chi connectivity index (χ2v) is 4.15. The number of ether oxygens (including phenoxy) is 1. The van der Waals surface area contributed by atoms with Crippen LogP contribution in [-0.4, -0.2) is 56.7 Å². The zero-order chi connectivity index (χ0) is 12.6. The van der Waals surface area contributed by atoms with Crippen LogP contribution in [0.15, 0.2) is 0 Å². The number of carbonyl (C=O) groups is 1. The van der Waals surface area contributed by atoms with Crippen LogP contribution >= 0.6 is 0 Å². The van der Waals surface area contributed by atoms with Crippen LogP contribution in [0.2, 0.25) is 0 Å². The molecule has 0 bridgehead atoms. The topological polar surface area (TPSA) is 67.6 Å². The van der Waals surface area contributed by atoms with E-state index in [4.69, 9.17) is 10.5 Å². The van der Waals surface area contributed by atoms with Crippen molar-refractivity contribution < 1.29 is 9.53 Å². The molecule has 0 saturated carbocycles. The number of hydrogen-bond donors (Lipinski definition) is 2. The minimum atomic E-state index is -0.301. The third-order valence-corrected chi connectivity index (χ3v) is 2.62. The van der Waals surface area contributed by atoms with Crippen LogP contribution in [0, 0.1) is 0 Å². The summed E-state index contributed by atoms with van der Waals surface area (Å²) in [6, 6.07) is -0.0143. The monoisotopic (exact) mass is 231 g/mol. The van der Waals surface area contributed by atoms with Gasteiger partial charge in [-0.25, -0.2) is 0 Å². The average Bonchev–Trinajstić information content (AvgIpc) is 2.23. The van der Waals surface area contributed by atoms with Gasteiger partial charge in [0.25, 0.3) is 0 Å². The lowest BCUT2D eigenvalue weighted by atomic mass is 10.2. The van der Waals surface area contributed by atoms with Gasteiger partial charge in [0.1, 0.15) is 0 Å². The molecule has 2 unspecified atom stereocenters. The summed E-state index contributed by atoms with van der Waals surface area (Å²) >= 11 is 0. The van der Waals surface area contributed by atoms with Crippen LogP contribution in [-0.2, 0) is 9.53 Å². The van der Waals surface area contributed by atoms with Gasteiger partial charge in [0.2, 0.25) is 5.91 Å². The minimum Gasteiger partial charge on any atom is -0.383 e. The molecule has 0 aromatic carbocycles. The fourth-order valence-electron chi connectivity index (χ4n) is 1.41. The first-order chi connectivity index (χ1) is 7.52. The molecule has 1 amide bonds. The Bertz CT molecular complexity index is 200. The molecule has 0 fully saturated rings. The maximum absolute atomic E-state index is 11.2. The molecule has 0 spiro atoms. The van der Waals surface area contributed by atoms with Crippen LogP contribution in [0.25, 0.3) is 0 Å². The molecule has 3 N–H and O–H groups in total. The maximum atomic E-state index is 11.2. The SMILES string of the molecule is CCCNC(CN(C)C(C)COC)C(N)=O. The number of methoxy groups -OCH3 is 1. The molecule has 0 aromatic heterocycles. The van der Waals surface area contributed by atoms with E-state index in [1.807, 2.05) is 7.05 Å². The smallest absolute Gasteiger partial charge is 0.235 e. The highest BCUT2D eigenvalue weighted by Crippen LogP contribution is 1.98. The van der Waals surface area contributed by atoms with Crippen molar-refractivity contribution in [3.63, 3.8) is 0 Å². The van der Waals surface area contributed by atoms with Crippen LogP contribution in [0.5, 0.6) is 0 Å². The van der Waals surface area contributed by atoms with E-state index in [1.165, 1.54) is 0 Å². The third kappa shape index (κ3) is 6.05. The van der Waals surface area contributed by atoms with Crippen molar-refractivity contribution >= 4 is 5.91 Å². The maximum Gasteiger partial charge on any atom is 0.235 e. The zero-order valence-electron chi connectivity index (χ0n) is 10.8. The Hall–Kier alpha value is -0.650. The molecular weight excluding hydrogens is 206 g/mol. The standard InChI is InChI=1S/C11H25N3O2/c1-5-6-13-10(11(12)15)7-14(3)9(2)8-16-4/h9-10,13H,5-8H2,1-4H3,(H2,12,15). The van der Waals surface area contributed by atoms with Crippen LogP contribution in [0.3, 0.4) is 0 Å². The van der Waals surface area contributed by atoms with Gasteiger partial charge in [-0.1, -0.05) is 6.92 Å². The van der Waals surface area contributed by atoms with Gasteiger partial charge in [-0.05, 0) is 26.9 Å². The van der Waals surface area contributed by atoms with Gasteiger partial charge in [-0.2, -0.15) is 0 Å². The quantitative estimate of drug-likeness (QED) is 0.577. The number of likely N-dealkylation sites (N-methyl/N-ethyl adjacent to an activating group) is 1. The molecule has 0 aliphatic rings. The zero-order valence-corrected chi connectivity index (χ0v) is 10.8. The van der Waals surface area contributed by atoms with Crippen molar-refractivity contribution in [1.29, 1.82) is 0 Å². The normalized spacial score (nSPS) is 15.1. The molecule has 5 nitrogen and oxygen atoms in total. The molecule has 0 rings (SSSR count). The van der Waals surface area contributed by atoms with Crippen LogP contribution < -0.4 is 11.1 Å². The van der Waals surface area contributed by atoms with Crippen molar-refractivity contribution in [2.75, 3.05) is 33.9 Å². The van der Waals surface area contributed by atoms with E-state index < -0.39 is 0 Å².